The van der Waals surface area contributed by atoms with Crippen LogP contribution in [0.4, 0.5) is 4.39 Å². The molecule has 134 valence electrons. The largest absolute Gasteiger partial charge is 0.409 e. The van der Waals surface area contributed by atoms with E-state index in [2.05, 4.69) is 25.4 Å². The molecule has 0 saturated heterocycles. The van der Waals surface area contributed by atoms with Gasteiger partial charge in [0.15, 0.2) is 16.6 Å². The van der Waals surface area contributed by atoms with Crippen LogP contribution in [0.1, 0.15) is 23.7 Å². The van der Waals surface area contributed by atoms with Crippen molar-refractivity contribution < 1.29 is 19.0 Å². The summed E-state index contributed by atoms with van der Waals surface area (Å²) in [6.07, 6.45) is 2.20. The molecule has 25 heavy (non-hydrogen) atoms. The number of halogens is 1. The first-order valence-electron chi connectivity index (χ1n) is 7.46. The Kier molecular flexibility index (Phi) is 6.75. The van der Waals surface area contributed by atoms with Crippen LogP contribution in [0.25, 0.3) is 0 Å². The first-order valence-corrected chi connectivity index (χ1v) is 8.44. The van der Waals surface area contributed by atoms with Crippen LogP contribution >= 0.6 is 11.8 Å². The molecule has 2 aromatic rings. The molecule has 1 heterocycles. The van der Waals surface area contributed by atoms with Crippen molar-refractivity contribution >= 4 is 23.5 Å². The lowest BCUT2D eigenvalue weighted by Crippen LogP contribution is -2.22. The second-order valence-electron chi connectivity index (χ2n) is 5.15. The third-order valence-corrected chi connectivity index (χ3v) is 4.31. The summed E-state index contributed by atoms with van der Waals surface area (Å²) in [6, 6.07) is 5.02. The summed E-state index contributed by atoms with van der Waals surface area (Å²) in [5.74, 6) is 0.215. The van der Waals surface area contributed by atoms with Crippen molar-refractivity contribution in [3.63, 3.8) is 0 Å². The molecule has 1 aliphatic carbocycles. The van der Waals surface area contributed by atoms with Crippen LogP contribution < -0.4 is 11.1 Å². The number of hydrogen-bond acceptors (Lipinski definition) is 7. The molecule has 10 heteroatoms. The standard InChI is InChI=1S/C8H7F.C7H11N5O3S/c9-8-4-3-6-1-2-7(6)5-8;1-4(13)9-2-3-16-7-5(6(8)10-14)11-15-12-7/h3-5H,1-2H2;14H,2-3H2,1H3,(H2,8,10)(H,9,13). The zero-order valence-electron chi connectivity index (χ0n) is 13.5. The minimum Gasteiger partial charge on any atom is -0.409 e. The number of fused-ring (bicyclic) bond motifs is 1. The maximum absolute atomic E-state index is 12.4. The van der Waals surface area contributed by atoms with Crippen LogP contribution in [0.3, 0.4) is 0 Å². The van der Waals surface area contributed by atoms with Gasteiger partial charge in [-0.1, -0.05) is 23.0 Å². The van der Waals surface area contributed by atoms with Crippen LogP contribution in [0.5, 0.6) is 0 Å². The number of carbonyl (C=O) groups excluding carboxylic acids is 1. The molecule has 0 radical (unpaired) electrons. The van der Waals surface area contributed by atoms with Crippen molar-refractivity contribution in [2.75, 3.05) is 12.3 Å². The Bertz CT molecular complexity index is 765. The fraction of sp³-hybridized carbons (Fsp3) is 0.333. The third-order valence-electron chi connectivity index (χ3n) is 3.36. The molecule has 1 amide bonds. The predicted molar refractivity (Wildman–Crippen MR) is 90.0 cm³/mol. The smallest absolute Gasteiger partial charge is 0.216 e. The highest BCUT2D eigenvalue weighted by Crippen LogP contribution is 2.22. The van der Waals surface area contributed by atoms with E-state index in [-0.39, 0.29) is 23.3 Å². The average Bonchev–Trinajstić information content (AvgIpc) is 3.03. The van der Waals surface area contributed by atoms with E-state index in [9.17, 15) is 9.18 Å². The zero-order valence-corrected chi connectivity index (χ0v) is 14.3. The van der Waals surface area contributed by atoms with E-state index in [1.807, 2.05) is 6.07 Å². The number of nitrogens with one attached hydrogen (secondary N) is 1. The Hall–Kier alpha value is -2.62. The van der Waals surface area contributed by atoms with Crippen molar-refractivity contribution in [2.45, 2.75) is 24.8 Å². The van der Waals surface area contributed by atoms with Gasteiger partial charge in [0.1, 0.15) is 5.82 Å². The van der Waals surface area contributed by atoms with Gasteiger partial charge in [0, 0.05) is 19.2 Å². The molecule has 3 rings (SSSR count). The summed E-state index contributed by atoms with van der Waals surface area (Å²) < 4.78 is 16.8. The fourth-order valence-corrected chi connectivity index (χ4v) is 2.78. The molecule has 0 spiro atoms. The summed E-state index contributed by atoms with van der Waals surface area (Å²) in [5, 5.41) is 21.4. The van der Waals surface area contributed by atoms with Gasteiger partial charge in [0.05, 0.1) is 0 Å². The van der Waals surface area contributed by atoms with E-state index in [1.54, 1.807) is 6.07 Å². The van der Waals surface area contributed by atoms with Gasteiger partial charge in [-0.05, 0) is 46.4 Å². The minimum atomic E-state index is -0.164. The molecule has 0 aliphatic heterocycles. The second-order valence-corrected chi connectivity index (χ2v) is 6.23. The summed E-state index contributed by atoms with van der Waals surface area (Å²) in [4.78, 5) is 10.6. The monoisotopic (exact) mass is 367 g/mol. The number of rotatable bonds is 5. The lowest BCUT2D eigenvalue weighted by Gasteiger charge is -2.17. The van der Waals surface area contributed by atoms with Gasteiger partial charge in [0.2, 0.25) is 5.91 Å². The number of carbonyl (C=O) groups is 1. The number of aromatic nitrogens is 2. The van der Waals surface area contributed by atoms with Crippen LogP contribution in [-0.4, -0.2) is 39.6 Å². The predicted octanol–water partition coefficient (Wildman–Crippen LogP) is 1.32. The molecular formula is C15H18FN5O3S. The van der Waals surface area contributed by atoms with Crippen molar-refractivity contribution in [3.05, 3.63) is 40.8 Å². The van der Waals surface area contributed by atoms with E-state index in [0.717, 1.165) is 12.8 Å². The number of nitrogens with zero attached hydrogens (tertiary/aromatic N) is 3. The van der Waals surface area contributed by atoms with E-state index in [0.29, 0.717) is 17.3 Å². The number of nitrogens with two attached hydrogens (primary N) is 1. The summed E-state index contributed by atoms with van der Waals surface area (Å²) in [6.45, 7) is 1.92. The van der Waals surface area contributed by atoms with Gasteiger partial charge < -0.3 is 16.3 Å². The molecule has 1 aromatic heterocycles. The van der Waals surface area contributed by atoms with Gasteiger partial charge in [-0.25, -0.2) is 9.02 Å². The molecule has 0 bridgehead atoms. The molecule has 4 N–H and O–H groups in total. The topological polar surface area (TPSA) is 127 Å². The van der Waals surface area contributed by atoms with Gasteiger partial charge >= 0.3 is 0 Å². The number of oxime groups is 1. The second kappa shape index (κ2) is 9.02. The summed E-state index contributed by atoms with van der Waals surface area (Å²) in [7, 11) is 0. The van der Waals surface area contributed by atoms with Crippen molar-refractivity contribution in [1.82, 2.24) is 15.6 Å². The number of thioether (sulfide) groups is 1. The lowest BCUT2D eigenvalue weighted by molar-refractivity contribution is -0.118. The van der Waals surface area contributed by atoms with Crippen LogP contribution in [0.2, 0.25) is 0 Å². The van der Waals surface area contributed by atoms with Gasteiger partial charge in [-0.3, -0.25) is 4.79 Å². The SMILES string of the molecule is CC(=O)NCCSc1nonc1/C(N)=N/O.Fc1ccc2c(c1)CC2. The van der Waals surface area contributed by atoms with Crippen LogP contribution in [0.15, 0.2) is 33.0 Å². The highest BCUT2D eigenvalue weighted by molar-refractivity contribution is 7.99. The molecule has 8 nitrogen and oxygen atoms in total. The third kappa shape index (κ3) is 5.45. The van der Waals surface area contributed by atoms with Gasteiger partial charge in [0.25, 0.3) is 0 Å². The molecular weight excluding hydrogens is 349 g/mol. The lowest BCUT2D eigenvalue weighted by atomic mass is 9.89. The normalized spacial score (nSPS) is 12.5. The molecule has 0 fully saturated rings. The first-order chi connectivity index (χ1) is 12.0. The van der Waals surface area contributed by atoms with Crippen LogP contribution in [-0.2, 0) is 17.6 Å². The Balaban J connectivity index is 0.000000208. The van der Waals surface area contributed by atoms with Crippen molar-refractivity contribution in [3.8, 4) is 0 Å². The van der Waals surface area contributed by atoms with E-state index in [4.69, 9.17) is 10.9 Å². The van der Waals surface area contributed by atoms with E-state index < -0.39 is 0 Å². The van der Waals surface area contributed by atoms with Crippen molar-refractivity contribution in [1.29, 1.82) is 0 Å². The average molecular weight is 367 g/mol. The fourth-order valence-electron chi connectivity index (χ4n) is 2.02. The molecule has 0 unspecified atom stereocenters. The Morgan fingerprint density at radius 2 is 2.20 bits per heavy atom. The maximum atomic E-state index is 12.4. The van der Waals surface area contributed by atoms with Crippen LogP contribution in [0, 0.1) is 5.82 Å². The Morgan fingerprint density at radius 3 is 2.76 bits per heavy atom. The first kappa shape index (κ1) is 18.7. The number of hydrogen-bond donors (Lipinski definition) is 3. The number of aryl methyl sites for hydroxylation is 2. The van der Waals surface area contributed by atoms with Gasteiger partial charge in [-0.2, -0.15) is 0 Å². The molecule has 1 aromatic carbocycles. The van der Waals surface area contributed by atoms with E-state index >= 15 is 0 Å². The number of amidine groups is 1. The molecule has 0 saturated carbocycles. The highest BCUT2D eigenvalue weighted by Gasteiger charge is 2.14. The Labute approximate surface area is 147 Å². The minimum absolute atomic E-state index is 0.101. The van der Waals surface area contributed by atoms with Gasteiger partial charge in [-0.15, -0.1) is 0 Å². The summed E-state index contributed by atoms with van der Waals surface area (Å²) >= 11 is 1.29. The summed E-state index contributed by atoms with van der Waals surface area (Å²) in [5.41, 5.74) is 8.04. The number of benzene rings is 1. The Morgan fingerprint density at radius 1 is 1.44 bits per heavy atom. The maximum Gasteiger partial charge on any atom is 0.216 e. The molecule has 0 atom stereocenters. The number of amides is 1. The zero-order chi connectivity index (χ0) is 18.2. The van der Waals surface area contributed by atoms with E-state index in [1.165, 1.54) is 35.9 Å². The molecule has 1 aliphatic rings. The van der Waals surface area contributed by atoms with Crippen molar-refractivity contribution in [2.24, 2.45) is 10.9 Å². The highest BCUT2D eigenvalue weighted by atomic mass is 32.2. The quantitative estimate of drug-likeness (QED) is 0.182.